The highest BCUT2D eigenvalue weighted by Gasteiger charge is 2.19. The second-order valence-electron chi connectivity index (χ2n) is 7.40. The number of rotatable bonds is 11. The van der Waals surface area contributed by atoms with Gasteiger partial charge in [-0.05, 0) is 37.1 Å². The molecule has 0 bridgehead atoms. The maximum Gasteiger partial charge on any atom is 0.191 e. The fourth-order valence-corrected chi connectivity index (χ4v) is 4.24. The molecule has 0 saturated carbocycles. The molecule has 1 saturated heterocycles. The lowest BCUT2D eigenvalue weighted by molar-refractivity contribution is 0.128. The van der Waals surface area contributed by atoms with E-state index >= 15 is 0 Å². The lowest BCUT2D eigenvalue weighted by Gasteiger charge is -2.33. The summed E-state index contributed by atoms with van der Waals surface area (Å²) in [4.78, 5) is 8.57. The van der Waals surface area contributed by atoms with Crippen LogP contribution in [0.15, 0.2) is 63.0 Å². The molecule has 0 amide bonds. The number of aliphatic imine (C=N–C) groups is 1. The Morgan fingerprint density at radius 1 is 1.20 bits per heavy atom. The van der Waals surface area contributed by atoms with Crippen LogP contribution in [0.2, 0.25) is 0 Å². The highest BCUT2D eigenvalue weighted by Crippen LogP contribution is 2.15. The Morgan fingerprint density at radius 3 is 2.77 bits per heavy atom. The molecule has 0 atom stereocenters. The molecule has 164 valence electrons. The highest BCUT2D eigenvalue weighted by molar-refractivity contribution is 7.99. The van der Waals surface area contributed by atoms with Gasteiger partial charge in [-0.2, -0.15) is 0 Å². The SMILES string of the molecule is COCCN1CCC(NC(=NCCc2ccco2)NCCSc2ccccc2)CC1. The Balaban J connectivity index is 1.45. The van der Waals surface area contributed by atoms with E-state index in [0.717, 1.165) is 69.5 Å². The van der Waals surface area contributed by atoms with E-state index < -0.39 is 0 Å². The number of ether oxygens (including phenoxy) is 1. The zero-order chi connectivity index (χ0) is 20.9. The van der Waals surface area contributed by atoms with E-state index in [4.69, 9.17) is 14.1 Å². The predicted octanol–water partition coefficient (Wildman–Crippen LogP) is 3.26. The monoisotopic (exact) mass is 430 g/mol. The van der Waals surface area contributed by atoms with Crippen LogP contribution in [0.5, 0.6) is 0 Å². The fourth-order valence-electron chi connectivity index (χ4n) is 3.45. The fraction of sp³-hybridized carbons (Fsp3) is 0.522. The average Bonchev–Trinajstić information content (AvgIpc) is 3.30. The van der Waals surface area contributed by atoms with Crippen LogP contribution in [0.4, 0.5) is 0 Å². The first-order valence-electron chi connectivity index (χ1n) is 10.8. The summed E-state index contributed by atoms with van der Waals surface area (Å²) in [5.41, 5.74) is 0. The van der Waals surface area contributed by atoms with Crippen molar-refractivity contribution in [2.75, 3.05) is 52.2 Å². The summed E-state index contributed by atoms with van der Waals surface area (Å²) in [6.07, 6.45) is 4.78. The third-order valence-corrected chi connectivity index (χ3v) is 6.17. The summed E-state index contributed by atoms with van der Waals surface area (Å²) < 4.78 is 10.6. The molecule has 1 aliphatic heterocycles. The number of hydrogen-bond acceptors (Lipinski definition) is 5. The van der Waals surface area contributed by atoms with Gasteiger partial charge in [-0.25, -0.2) is 0 Å². The number of nitrogens with one attached hydrogen (secondary N) is 2. The van der Waals surface area contributed by atoms with Crippen molar-refractivity contribution in [3.05, 3.63) is 54.5 Å². The zero-order valence-electron chi connectivity index (χ0n) is 17.9. The molecule has 2 heterocycles. The number of hydrogen-bond donors (Lipinski definition) is 2. The topological polar surface area (TPSA) is 62.0 Å². The summed E-state index contributed by atoms with van der Waals surface area (Å²) in [7, 11) is 1.77. The van der Waals surface area contributed by atoms with Crippen molar-refractivity contribution in [2.24, 2.45) is 4.99 Å². The van der Waals surface area contributed by atoms with Gasteiger partial charge in [0, 0.05) is 62.9 Å². The lowest BCUT2D eigenvalue weighted by atomic mass is 10.1. The van der Waals surface area contributed by atoms with E-state index in [0.29, 0.717) is 12.6 Å². The van der Waals surface area contributed by atoms with Crippen LogP contribution in [0.25, 0.3) is 0 Å². The van der Waals surface area contributed by atoms with Crippen molar-refractivity contribution in [3.8, 4) is 0 Å². The summed E-state index contributed by atoms with van der Waals surface area (Å²) in [6, 6.07) is 14.9. The number of piperidine rings is 1. The molecule has 0 spiro atoms. The minimum absolute atomic E-state index is 0.459. The summed E-state index contributed by atoms with van der Waals surface area (Å²) >= 11 is 1.86. The quantitative estimate of drug-likeness (QED) is 0.247. The third-order valence-electron chi connectivity index (χ3n) is 5.15. The van der Waals surface area contributed by atoms with Crippen molar-refractivity contribution < 1.29 is 9.15 Å². The van der Waals surface area contributed by atoms with Crippen LogP contribution in [0, 0.1) is 0 Å². The summed E-state index contributed by atoms with van der Waals surface area (Å²) in [5, 5.41) is 7.17. The van der Waals surface area contributed by atoms with E-state index in [1.54, 1.807) is 13.4 Å². The van der Waals surface area contributed by atoms with Crippen molar-refractivity contribution in [1.82, 2.24) is 15.5 Å². The van der Waals surface area contributed by atoms with Crippen LogP contribution >= 0.6 is 11.8 Å². The minimum atomic E-state index is 0.459. The Bertz CT molecular complexity index is 716. The lowest BCUT2D eigenvalue weighted by Crippen LogP contribution is -2.49. The van der Waals surface area contributed by atoms with Crippen molar-refractivity contribution in [1.29, 1.82) is 0 Å². The Morgan fingerprint density at radius 2 is 2.03 bits per heavy atom. The number of benzene rings is 1. The van der Waals surface area contributed by atoms with Crippen molar-refractivity contribution in [2.45, 2.75) is 30.2 Å². The van der Waals surface area contributed by atoms with Crippen LogP contribution in [-0.4, -0.2) is 69.1 Å². The molecule has 1 aromatic carbocycles. The molecule has 30 heavy (non-hydrogen) atoms. The van der Waals surface area contributed by atoms with E-state index in [9.17, 15) is 0 Å². The van der Waals surface area contributed by atoms with Gasteiger partial charge in [-0.1, -0.05) is 18.2 Å². The molecule has 6 nitrogen and oxygen atoms in total. The summed E-state index contributed by atoms with van der Waals surface area (Å²) in [5.74, 6) is 2.88. The molecule has 1 aliphatic rings. The van der Waals surface area contributed by atoms with Crippen molar-refractivity contribution >= 4 is 17.7 Å². The van der Waals surface area contributed by atoms with E-state index in [2.05, 4.69) is 45.9 Å². The average molecular weight is 431 g/mol. The van der Waals surface area contributed by atoms with Gasteiger partial charge in [-0.3, -0.25) is 4.99 Å². The molecule has 3 rings (SSSR count). The maximum atomic E-state index is 5.43. The molecule has 7 heteroatoms. The standard InChI is InChI=1S/C23H34N4O2S/c1-28-18-16-27-14-10-20(11-15-27)26-23(24-12-9-21-6-5-17-29-21)25-13-19-30-22-7-3-2-4-8-22/h2-8,17,20H,9-16,18-19H2,1H3,(H2,24,25,26). The molecule has 0 aliphatic carbocycles. The van der Waals surface area contributed by atoms with Gasteiger partial charge in [-0.15, -0.1) is 11.8 Å². The molecule has 1 fully saturated rings. The Hall–Kier alpha value is -1.96. The molecule has 0 unspecified atom stereocenters. The number of furan rings is 1. The first-order chi connectivity index (χ1) is 14.8. The van der Waals surface area contributed by atoms with Crippen molar-refractivity contribution in [3.63, 3.8) is 0 Å². The van der Waals surface area contributed by atoms with Crippen LogP contribution in [-0.2, 0) is 11.2 Å². The molecule has 0 radical (unpaired) electrons. The number of likely N-dealkylation sites (tertiary alicyclic amines) is 1. The second kappa shape index (κ2) is 13.4. The highest BCUT2D eigenvalue weighted by atomic mass is 32.2. The van der Waals surface area contributed by atoms with Crippen LogP contribution < -0.4 is 10.6 Å². The maximum absolute atomic E-state index is 5.43. The van der Waals surface area contributed by atoms with Gasteiger partial charge in [0.2, 0.25) is 0 Å². The second-order valence-corrected chi connectivity index (χ2v) is 8.57. The third kappa shape index (κ3) is 8.42. The zero-order valence-corrected chi connectivity index (χ0v) is 18.7. The van der Waals surface area contributed by atoms with Gasteiger partial charge >= 0.3 is 0 Å². The Labute approximate surface area is 184 Å². The van der Waals surface area contributed by atoms with Crippen LogP contribution in [0.3, 0.4) is 0 Å². The largest absolute Gasteiger partial charge is 0.469 e. The van der Waals surface area contributed by atoms with Gasteiger partial charge in [0.1, 0.15) is 5.76 Å². The van der Waals surface area contributed by atoms with Crippen LogP contribution in [0.1, 0.15) is 18.6 Å². The number of thioether (sulfide) groups is 1. The number of guanidine groups is 1. The van der Waals surface area contributed by atoms with Gasteiger partial charge in [0.15, 0.2) is 5.96 Å². The summed E-state index contributed by atoms with van der Waals surface area (Å²) in [6.45, 7) is 5.61. The molecule has 1 aromatic heterocycles. The predicted molar refractivity (Wildman–Crippen MR) is 124 cm³/mol. The number of methoxy groups -OCH3 is 1. The molecular weight excluding hydrogens is 396 g/mol. The Kier molecular flexibility index (Phi) is 10.1. The molecular formula is C23H34N4O2S. The van der Waals surface area contributed by atoms with Gasteiger partial charge < -0.3 is 24.7 Å². The van der Waals surface area contributed by atoms with Gasteiger partial charge in [0.05, 0.1) is 12.9 Å². The van der Waals surface area contributed by atoms with E-state index in [1.165, 1.54) is 4.90 Å². The van der Waals surface area contributed by atoms with E-state index in [1.807, 2.05) is 23.9 Å². The normalized spacial score (nSPS) is 16.0. The minimum Gasteiger partial charge on any atom is -0.469 e. The molecule has 2 aromatic rings. The smallest absolute Gasteiger partial charge is 0.191 e. The first-order valence-corrected chi connectivity index (χ1v) is 11.8. The first kappa shape index (κ1) is 22.7. The number of nitrogens with zero attached hydrogens (tertiary/aromatic N) is 2. The van der Waals surface area contributed by atoms with E-state index in [-0.39, 0.29) is 0 Å². The molecule has 2 N–H and O–H groups in total. The van der Waals surface area contributed by atoms with Gasteiger partial charge in [0.25, 0.3) is 0 Å².